The molecule has 136 valence electrons. The molecule has 0 amide bonds. The first-order valence-corrected chi connectivity index (χ1v) is 8.32. The Morgan fingerprint density at radius 3 is 2.67 bits per heavy atom. The molecule has 3 aromatic rings. The third-order valence-electron chi connectivity index (χ3n) is 4.31. The van der Waals surface area contributed by atoms with Crippen molar-refractivity contribution in [3.63, 3.8) is 0 Å². The third kappa shape index (κ3) is 2.81. The summed E-state index contributed by atoms with van der Waals surface area (Å²) < 4.78 is 22.1. The van der Waals surface area contributed by atoms with Gasteiger partial charge in [-0.2, -0.15) is 5.26 Å². The van der Waals surface area contributed by atoms with Crippen LogP contribution in [0, 0.1) is 11.3 Å². The summed E-state index contributed by atoms with van der Waals surface area (Å²) >= 11 is 0. The minimum absolute atomic E-state index is 0.364. The van der Waals surface area contributed by atoms with E-state index in [1.54, 1.807) is 26.4 Å². The highest BCUT2D eigenvalue weighted by molar-refractivity contribution is 5.98. The van der Waals surface area contributed by atoms with Crippen LogP contribution in [-0.4, -0.2) is 25.5 Å². The molecule has 7 heteroatoms. The summed E-state index contributed by atoms with van der Waals surface area (Å²) in [6.07, 6.45) is 1.16. The summed E-state index contributed by atoms with van der Waals surface area (Å²) in [6.45, 7) is 1.82. The summed E-state index contributed by atoms with van der Waals surface area (Å²) in [5, 5.41) is 13.6. The predicted molar refractivity (Wildman–Crippen MR) is 100 cm³/mol. The Morgan fingerprint density at radius 2 is 1.93 bits per heavy atom. The Balaban J connectivity index is 1.89. The molecular weight excluding hydrogens is 346 g/mol. The van der Waals surface area contributed by atoms with Gasteiger partial charge < -0.3 is 24.3 Å². The molecule has 1 N–H and O–H groups in total. The Hall–Kier alpha value is -3.66. The highest BCUT2D eigenvalue weighted by Gasteiger charge is 2.24. The molecule has 2 aromatic carbocycles. The van der Waals surface area contributed by atoms with Crippen molar-refractivity contribution in [2.45, 2.75) is 13.2 Å². The lowest BCUT2D eigenvalue weighted by Crippen LogP contribution is -2.11. The molecular formula is C20H17N3O4. The van der Waals surface area contributed by atoms with E-state index < -0.39 is 0 Å². The zero-order chi connectivity index (χ0) is 19.0. The average Bonchev–Trinajstić information content (AvgIpc) is 3.08. The van der Waals surface area contributed by atoms with Gasteiger partial charge in [-0.1, -0.05) is 6.07 Å². The molecule has 2 heterocycles. The van der Waals surface area contributed by atoms with Crippen LogP contribution >= 0.6 is 0 Å². The summed E-state index contributed by atoms with van der Waals surface area (Å²) in [4.78, 5) is 4.37. The zero-order valence-corrected chi connectivity index (χ0v) is 15.1. The van der Waals surface area contributed by atoms with E-state index in [9.17, 15) is 5.26 Å². The van der Waals surface area contributed by atoms with Gasteiger partial charge in [0.15, 0.2) is 23.0 Å². The number of pyridine rings is 1. The van der Waals surface area contributed by atoms with Crippen LogP contribution in [0.5, 0.6) is 23.0 Å². The minimum Gasteiger partial charge on any atom is -0.493 e. The molecule has 0 saturated carbocycles. The fourth-order valence-electron chi connectivity index (χ4n) is 3.07. The molecule has 1 unspecified atom stereocenters. The van der Waals surface area contributed by atoms with Crippen molar-refractivity contribution in [3.8, 4) is 29.1 Å². The standard InChI is InChI=1S/C20H17N3O4/c1-11-26-16-6-4-5-14(20(16)27-11)23-19-12(9-21)10-22-15-8-18(25-3)17(24-2)7-13(15)19/h4-8,10-11H,1-3H3,(H,22,23). The van der Waals surface area contributed by atoms with Crippen molar-refractivity contribution >= 4 is 22.3 Å². The highest BCUT2D eigenvalue weighted by Crippen LogP contribution is 2.44. The molecule has 0 aliphatic carbocycles. The second-order valence-corrected chi connectivity index (χ2v) is 5.94. The number of hydrogen-bond acceptors (Lipinski definition) is 7. The van der Waals surface area contributed by atoms with E-state index in [1.165, 1.54) is 6.20 Å². The van der Waals surface area contributed by atoms with Crippen LogP contribution in [0.2, 0.25) is 0 Å². The van der Waals surface area contributed by atoms with Gasteiger partial charge >= 0.3 is 0 Å². The number of aromatic nitrogens is 1. The molecule has 0 bridgehead atoms. The number of benzene rings is 2. The molecule has 0 radical (unpaired) electrons. The van der Waals surface area contributed by atoms with Crippen molar-refractivity contribution in [1.29, 1.82) is 5.26 Å². The van der Waals surface area contributed by atoms with Crippen LogP contribution in [0.1, 0.15) is 12.5 Å². The second kappa shape index (κ2) is 6.57. The molecule has 1 atom stereocenters. The van der Waals surface area contributed by atoms with Crippen molar-refractivity contribution in [3.05, 3.63) is 42.1 Å². The van der Waals surface area contributed by atoms with Gasteiger partial charge in [0, 0.05) is 24.6 Å². The van der Waals surface area contributed by atoms with E-state index in [2.05, 4.69) is 16.4 Å². The summed E-state index contributed by atoms with van der Waals surface area (Å²) in [5.41, 5.74) is 2.39. The summed E-state index contributed by atoms with van der Waals surface area (Å²) in [5.74, 6) is 2.39. The topological polar surface area (TPSA) is 85.6 Å². The van der Waals surface area contributed by atoms with Crippen molar-refractivity contribution in [2.75, 3.05) is 19.5 Å². The number of anilines is 2. The molecule has 1 aliphatic heterocycles. The van der Waals surface area contributed by atoms with E-state index in [-0.39, 0.29) is 6.29 Å². The second-order valence-electron chi connectivity index (χ2n) is 5.94. The first-order valence-electron chi connectivity index (χ1n) is 8.32. The maximum Gasteiger partial charge on any atom is 0.238 e. The number of fused-ring (bicyclic) bond motifs is 2. The van der Waals surface area contributed by atoms with Gasteiger partial charge in [-0.05, 0) is 18.2 Å². The van der Waals surface area contributed by atoms with Gasteiger partial charge in [0.25, 0.3) is 0 Å². The average molecular weight is 363 g/mol. The van der Waals surface area contributed by atoms with Crippen LogP contribution in [-0.2, 0) is 0 Å². The number of para-hydroxylation sites is 1. The van der Waals surface area contributed by atoms with E-state index in [0.717, 1.165) is 5.39 Å². The maximum atomic E-state index is 9.58. The van der Waals surface area contributed by atoms with Crippen LogP contribution in [0.25, 0.3) is 10.9 Å². The number of nitriles is 1. The molecule has 7 nitrogen and oxygen atoms in total. The Bertz CT molecular complexity index is 1070. The smallest absolute Gasteiger partial charge is 0.238 e. The number of methoxy groups -OCH3 is 2. The van der Waals surface area contributed by atoms with Crippen molar-refractivity contribution in [1.82, 2.24) is 4.98 Å². The van der Waals surface area contributed by atoms with Gasteiger partial charge in [-0.15, -0.1) is 0 Å². The van der Waals surface area contributed by atoms with Gasteiger partial charge in [0.1, 0.15) is 6.07 Å². The van der Waals surface area contributed by atoms with Crippen LogP contribution < -0.4 is 24.3 Å². The van der Waals surface area contributed by atoms with Crippen LogP contribution in [0.4, 0.5) is 11.4 Å². The first-order chi connectivity index (χ1) is 13.1. The van der Waals surface area contributed by atoms with Gasteiger partial charge in [0.05, 0.1) is 36.7 Å². The van der Waals surface area contributed by atoms with E-state index in [0.29, 0.717) is 45.5 Å². The minimum atomic E-state index is -0.364. The number of rotatable bonds is 4. The fraction of sp³-hybridized carbons (Fsp3) is 0.200. The van der Waals surface area contributed by atoms with Crippen molar-refractivity contribution < 1.29 is 18.9 Å². The molecule has 0 saturated heterocycles. The number of nitrogens with one attached hydrogen (secondary N) is 1. The Morgan fingerprint density at radius 1 is 1.15 bits per heavy atom. The maximum absolute atomic E-state index is 9.58. The lowest BCUT2D eigenvalue weighted by Gasteiger charge is -2.15. The SMILES string of the molecule is COc1cc2ncc(C#N)c(Nc3cccc4c3OC(C)O4)c2cc1OC. The highest BCUT2D eigenvalue weighted by atomic mass is 16.7. The lowest BCUT2D eigenvalue weighted by molar-refractivity contribution is 0.0682. The normalized spacial score (nSPS) is 14.7. The van der Waals surface area contributed by atoms with E-state index in [4.69, 9.17) is 18.9 Å². The Kier molecular flexibility index (Phi) is 4.09. The molecule has 4 rings (SSSR count). The molecule has 1 aromatic heterocycles. The lowest BCUT2D eigenvalue weighted by atomic mass is 10.1. The quantitative estimate of drug-likeness (QED) is 0.750. The van der Waals surface area contributed by atoms with E-state index >= 15 is 0 Å². The Labute approximate surface area is 156 Å². The third-order valence-corrected chi connectivity index (χ3v) is 4.31. The largest absolute Gasteiger partial charge is 0.493 e. The van der Waals surface area contributed by atoms with Gasteiger partial charge in [0.2, 0.25) is 6.29 Å². The number of hydrogen-bond donors (Lipinski definition) is 1. The van der Waals surface area contributed by atoms with Gasteiger partial charge in [-0.25, -0.2) is 0 Å². The molecule has 0 fully saturated rings. The van der Waals surface area contributed by atoms with E-state index in [1.807, 2.05) is 25.1 Å². The number of ether oxygens (including phenoxy) is 4. The molecule has 27 heavy (non-hydrogen) atoms. The van der Waals surface area contributed by atoms with Crippen LogP contribution in [0.15, 0.2) is 36.5 Å². The monoisotopic (exact) mass is 363 g/mol. The summed E-state index contributed by atoms with van der Waals surface area (Å²) in [6, 6.07) is 11.3. The zero-order valence-electron chi connectivity index (χ0n) is 15.1. The van der Waals surface area contributed by atoms with Crippen molar-refractivity contribution in [2.24, 2.45) is 0 Å². The molecule has 0 spiro atoms. The first kappa shape index (κ1) is 16.8. The predicted octanol–water partition coefficient (Wildman–Crippen LogP) is 3.98. The summed E-state index contributed by atoms with van der Waals surface area (Å²) in [7, 11) is 3.13. The fourth-order valence-corrected chi connectivity index (χ4v) is 3.07. The number of nitrogens with zero attached hydrogens (tertiary/aromatic N) is 2. The van der Waals surface area contributed by atoms with Gasteiger partial charge in [-0.3, -0.25) is 4.98 Å². The molecule has 1 aliphatic rings. The van der Waals surface area contributed by atoms with Crippen LogP contribution in [0.3, 0.4) is 0 Å².